The van der Waals surface area contributed by atoms with Crippen LogP contribution in [0.4, 0.5) is 0 Å². The van der Waals surface area contributed by atoms with Gasteiger partial charge >= 0.3 is 5.97 Å². The third-order valence-electron chi connectivity index (χ3n) is 17.1. The molecule has 55 heavy (non-hydrogen) atoms. The number of hydrogen-bond donors (Lipinski definition) is 9. The number of aliphatic hydroxyl groups excluding tert-OH is 8. The van der Waals surface area contributed by atoms with E-state index >= 15 is 0 Å². The van der Waals surface area contributed by atoms with Gasteiger partial charge in [-0.25, -0.2) is 4.79 Å². The molecule has 2 heterocycles. The van der Waals surface area contributed by atoms with Crippen LogP contribution in [0.5, 0.6) is 0 Å². The summed E-state index contributed by atoms with van der Waals surface area (Å²) in [6, 6.07) is 0. The van der Waals surface area contributed by atoms with E-state index in [0.29, 0.717) is 18.3 Å². The predicted molar refractivity (Wildman–Crippen MR) is 194 cm³/mol. The van der Waals surface area contributed by atoms with Crippen LogP contribution in [-0.2, 0) is 23.7 Å². The highest BCUT2D eigenvalue weighted by Crippen LogP contribution is 2.76. The van der Waals surface area contributed by atoms with Gasteiger partial charge in [0, 0.05) is 10.8 Å². The van der Waals surface area contributed by atoms with Crippen molar-refractivity contribution >= 4 is 5.97 Å². The number of carboxylic acid groups (broad SMARTS) is 1. The lowest BCUT2D eigenvalue weighted by atomic mass is 9.33. The fourth-order valence-electron chi connectivity index (χ4n) is 13.5. The molecule has 0 unspecified atom stereocenters. The zero-order chi connectivity index (χ0) is 40.4. The summed E-state index contributed by atoms with van der Waals surface area (Å²) in [6.45, 7) is 15.9. The Kier molecular flexibility index (Phi) is 10.6. The zero-order valence-electron chi connectivity index (χ0n) is 33.4. The average molecular weight is 783 g/mol. The van der Waals surface area contributed by atoms with E-state index in [0.717, 1.165) is 51.4 Å². The Morgan fingerprint density at radius 1 is 0.745 bits per heavy atom. The van der Waals surface area contributed by atoms with E-state index in [-0.39, 0.29) is 45.7 Å². The second-order valence-corrected chi connectivity index (χ2v) is 20.5. The van der Waals surface area contributed by atoms with Crippen LogP contribution >= 0.6 is 0 Å². The van der Waals surface area contributed by atoms with E-state index in [1.807, 2.05) is 6.92 Å². The normalized spacial score (nSPS) is 56.3. The number of ether oxygens (including phenoxy) is 4. The van der Waals surface area contributed by atoms with E-state index in [2.05, 4.69) is 47.6 Å². The minimum absolute atomic E-state index is 0.0197. The minimum Gasteiger partial charge on any atom is -0.479 e. The van der Waals surface area contributed by atoms with E-state index in [4.69, 9.17) is 18.9 Å². The summed E-state index contributed by atoms with van der Waals surface area (Å²) >= 11 is 0. The molecule has 9 N–H and O–H groups in total. The van der Waals surface area contributed by atoms with E-state index < -0.39 is 79.1 Å². The monoisotopic (exact) mass is 782 g/mol. The molecular weight excluding hydrogens is 716 g/mol. The topological polar surface area (TPSA) is 236 Å². The first kappa shape index (κ1) is 41.9. The number of aliphatic carboxylic acids is 1. The summed E-state index contributed by atoms with van der Waals surface area (Å²) in [5, 5.41) is 95.6. The molecule has 2 aliphatic heterocycles. The third-order valence-corrected chi connectivity index (χ3v) is 17.1. The Morgan fingerprint density at radius 3 is 2.09 bits per heavy atom. The number of aliphatic hydroxyl groups is 8. The smallest absolute Gasteiger partial charge is 0.335 e. The molecule has 314 valence electrons. The van der Waals surface area contributed by atoms with Crippen LogP contribution in [-0.4, -0.2) is 132 Å². The van der Waals surface area contributed by atoms with Gasteiger partial charge in [-0.2, -0.15) is 0 Å². The van der Waals surface area contributed by atoms with Crippen LogP contribution in [0.15, 0.2) is 11.6 Å². The summed E-state index contributed by atoms with van der Waals surface area (Å²) in [5.74, 6) is -0.972. The highest BCUT2D eigenvalue weighted by Gasteiger charge is 2.69. The summed E-state index contributed by atoms with van der Waals surface area (Å²) in [6.07, 6.45) is -9.42. The Balaban J connectivity index is 1.17. The number of carboxylic acids is 1. The van der Waals surface area contributed by atoms with E-state index in [1.54, 1.807) is 0 Å². The van der Waals surface area contributed by atoms with Gasteiger partial charge < -0.3 is 64.9 Å². The molecule has 14 heteroatoms. The van der Waals surface area contributed by atoms with Crippen LogP contribution < -0.4 is 0 Å². The first-order valence-electron chi connectivity index (χ1n) is 20.4. The van der Waals surface area contributed by atoms with Crippen LogP contribution in [0.25, 0.3) is 0 Å². The Labute approximate surface area is 323 Å². The second kappa shape index (κ2) is 13.9. The fraction of sp³-hybridized carbons (Fsp3) is 0.927. The molecule has 7 aliphatic rings. The standard InChI is InChI=1S/C41H66O14/c1-36(2)16-20-19-8-9-22-38(4)12-11-24(39(5,18-42)21(38)10-13-41(22,7)40(19,6)15-14-37(20,3)23(43)17-36)52-35-31(27(46)26(45)30(53-35)32(49)50)54-34-29(48)25(44)28(47)33(51)55-34/h8,20-31,33-35,42-48,51H,9-18H2,1-7H3,(H,49,50)/t20-,21-,22+,23+,24-,25-,26-,27-,28-,29+,30-,31+,33-,34-,35-,37-,38+,39-,40-,41-/m1/s1. The largest absolute Gasteiger partial charge is 0.479 e. The Bertz CT molecular complexity index is 1510. The predicted octanol–water partition coefficient (Wildman–Crippen LogP) is 1.81. The van der Waals surface area contributed by atoms with Crippen molar-refractivity contribution in [1.82, 2.24) is 0 Å². The van der Waals surface area contributed by atoms with Gasteiger partial charge in [0.1, 0.15) is 36.6 Å². The van der Waals surface area contributed by atoms with Gasteiger partial charge in [-0.15, -0.1) is 0 Å². The molecule has 0 spiro atoms. The minimum atomic E-state index is -1.98. The molecule has 6 fully saturated rings. The average Bonchev–Trinajstić information content (AvgIpc) is 3.11. The Morgan fingerprint density at radius 2 is 1.44 bits per heavy atom. The van der Waals surface area contributed by atoms with Crippen molar-refractivity contribution in [2.24, 2.45) is 50.2 Å². The maximum atomic E-state index is 12.2. The number of hydrogen-bond acceptors (Lipinski definition) is 13. The van der Waals surface area contributed by atoms with E-state index in [1.165, 1.54) is 5.57 Å². The first-order chi connectivity index (χ1) is 25.5. The van der Waals surface area contributed by atoms with Gasteiger partial charge in [-0.3, -0.25) is 0 Å². The van der Waals surface area contributed by atoms with Crippen LogP contribution in [0.1, 0.15) is 106 Å². The summed E-state index contributed by atoms with van der Waals surface area (Å²) in [7, 11) is 0. The van der Waals surface area contributed by atoms with Crippen molar-refractivity contribution in [3.05, 3.63) is 11.6 Å². The maximum Gasteiger partial charge on any atom is 0.335 e. The quantitative estimate of drug-likeness (QED) is 0.138. The first-order valence-corrected chi connectivity index (χ1v) is 20.4. The summed E-state index contributed by atoms with van der Waals surface area (Å²) < 4.78 is 23.3. The van der Waals surface area contributed by atoms with Crippen molar-refractivity contribution in [3.8, 4) is 0 Å². The molecule has 4 saturated carbocycles. The van der Waals surface area contributed by atoms with Crippen molar-refractivity contribution < 1.29 is 69.7 Å². The molecule has 0 aromatic carbocycles. The molecule has 20 atom stereocenters. The molecule has 0 radical (unpaired) electrons. The van der Waals surface area contributed by atoms with Gasteiger partial charge in [-0.1, -0.05) is 60.1 Å². The lowest BCUT2D eigenvalue weighted by molar-refractivity contribution is -0.390. The Hall–Kier alpha value is -1.27. The number of allylic oxidation sites excluding steroid dienone is 2. The van der Waals surface area contributed by atoms with Crippen LogP contribution in [0.3, 0.4) is 0 Å². The van der Waals surface area contributed by atoms with Gasteiger partial charge in [0.25, 0.3) is 0 Å². The summed E-state index contributed by atoms with van der Waals surface area (Å²) in [5.41, 5.74) is 0.255. The van der Waals surface area contributed by atoms with Crippen molar-refractivity contribution in [2.75, 3.05) is 6.61 Å². The van der Waals surface area contributed by atoms with Gasteiger partial charge in [0.15, 0.2) is 25.0 Å². The van der Waals surface area contributed by atoms with Crippen LogP contribution in [0, 0.1) is 50.2 Å². The number of carbonyl (C=O) groups is 1. The number of fused-ring (bicyclic) bond motifs is 7. The second-order valence-electron chi connectivity index (χ2n) is 20.5. The van der Waals surface area contributed by atoms with Gasteiger partial charge in [-0.05, 0) is 97.2 Å². The molecule has 0 amide bonds. The van der Waals surface area contributed by atoms with E-state index in [9.17, 15) is 50.8 Å². The molecule has 0 aromatic rings. The molecule has 0 bridgehead atoms. The highest BCUT2D eigenvalue weighted by molar-refractivity contribution is 5.73. The summed E-state index contributed by atoms with van der Waals surface area (Å²) in [4.78, 5) is 12.2. The zero-order valence-corrected chi connectivity index (χ0v) is 33.4. The number of rotatable bonds is 6. The third kappa shape index (κ3) is 6.13. The highest BCUT2D eigenvalue weighted by atomic mass is 16.8. The molecule has 7 rings (SSSR count). The van der Waals surface area contributed by atoms with Crippen LogP contribution in [0.2, 0.25) is 0 Å². The maximum absolute atomic E-state index is 12.2. The van der Waals surface area contributed by atoms with Crippen molar-refractivity contribution in [3.63, 3.8) is 0 Å². The lowest BCUT2D eigenvalue weighted by Crippen LogP contribution is -2.68. The lowest BCUT2D eigenvalue weighted by Gasteiger charge is -2.72. The fourth-order valence-corrected chi connectivity index (χ4v) is 13.5. The van der Waals surface area contributed by atoms with Crippen molar-refractivity contribution in [1.29, 1.82) is 0 Å². The molecular formula is C41H66O14. The molecule has 2 saturated heterocycles. The van der Waals surface area contributed by atoms with Gasteiger partial charge in [0.05, 0.1) is 18.8 Å². The SMILES string of the molecule is CC1(C)C[C@@H]2C3=CC[C@H]4[C@@]5(C)CC[C@@H](O[C@@H]6O[C@@H](C(=O)O)[C@H](O)[C@@H](O)[C@@H]6O[C@@H]6O[C@@H](O)[C@H](O)[C@@H](O)[C@@H]6O)[C@](C)(CO)[C@@H]5CC[C@@]4(C)[C@]3(C)CC[C@@]2(C)[C@@H](O)C1. The van der Waals surface area contributed by atoms with Gasteiger partial charge in [0.2, 0.25) is 0 Å². The molecule has 14 nitrogen and oxygen atoms in total. The molecule has 5 aliphatic carbocycles. The van der Waals surface area contributed by atoms with Crippen molar-refractivity contribution in [2.45, 2.75) is 180 Å². The molecule has 0 aromatic heterocycles.